The van der Waals surface area contributed by atoms with Gasteiger partial charge in [-0.25, -0.2) is 0 Å². The van der Waals surface area contributed by atoms with E-state index in [4.69, 9.17) is 9.47 Å². The monoisotopic (exact) mass is 479 g/mol. The molecule has 0 aliphatic carbocycles. The summed E-state index contributed by atoms with van der Waals surface area (Å²) in [4.78, 5) is 27.0. The maximum Gasteiger partial charge on any atom is 0.327 e. The molecule has 4 rings (SSSR count). The van der Waals surface area contributed by atoms with Crippen molar-refractivity contribution in [2.24, 2.45) is 0 Å². The lowest BCUT2D eigenvalue weighted by molar-refractivity contribution is -0.150. The van der Waals surface area contributed by atoms with Crippen molar-refractivity contribution in [2.75, 3.05) is 13.7 Å². The van der Waals surface area contributed by atoms with Gasteiger partial charge in [0, 0.05) is 11.3 Å². The SMILES string of the molecule is CCOC(=O)[C@]1(C)C[C@](C(=O)OC)([S@@](=O)c2ccc(C)cc2)[C@H](c2ccc3ccccc3c2)N1. The Kier molecular flexibility index (Phi) is 6.60. The van der Waals surface area contributed by atoms with Gasteiger partial charge in [0.2, 0.25) is 0 Å². The molecule has 0 amide bonds. The van der Waals surface area contributed by atoms with Gasteiger partial charge < -0.3 is 9.47 Å². The lowest BCUT2D eigenvalue weighted by Gasteiger charge is -2.31. The number of hydrogen-bond donors (Lipinski definition) is 1. The Morgan fingerprint density at radius 2 is 1.71 bits per heavy atom. The number of rotatable bonds is 6. The van der Waals surface area contributed by atoms with Crippen molar-refractivity contribution in [3.63, 3.8) is 0 Å². The van der Waals surface area contributed by atoms with Crippen LogP contribution in [0, 0.1) is 6.92 Å². The number of methoxy groups -OCH3 is 1. The minimum Gasteiger partial charge on any atom is -0.468 e. The molecule has 34 heavy (non-hydrogen) atoms. The Morgan fingerprint density at radius 3 is 2.35 bits per heavy atom. The standard InChI is InChI=1S/C27H29NO5S/c1-5-33-24(29)26(3)17-27(25(30)32-4,34(31)22-14-10-18(2)11-15-22)23(28-26)21-13-12-19-8-6-7-9-20(19)16-21/h6-16,23,28H,5,17H2,1-4H3/t23-,26-,27-,34-/m0/s1. The van der Waals surface area contributed by atoms with Crippen LogP contribution in [-0.4, -0.2) is 40.2 Å². The third-order valence-electron chi connectivity index (χ3n) is 6.48. The first-order chi connectivity index (χ1) is 16.2. The van der Waals surface area contributed by atoms with E-state index in [1.54, 1.807) is 26.0 Å². The van der Waals surface area contributed by atoms with Crippen LogP contribution in [0.15, 0.2) is 71.6 Å². The van der Waals surface area contributed by atoms with Gasteiger partial charge in [-0.2, -0.15) is 0 Å². The van der Waals surface area contributed by atoms with Gasteiger partial charge in [0.15, 0.2) is 4.75 Å². The van der Waals surface area contributed by atoms with Crippen molar-refractivity contribution in [3.05, 3.63) is 77.9 Å². The summed E-state index contributed by atoms with van der Waals surface area (Å²) in [7, 11) is -0.546. The van der Waals surface area contributed by atoms with E-state index in [2.05, 4.69) is 5.32 Å². The molecule has 1 aliphatic rings. The number of hydrogen-bond acceptors (Lipinski definition) is 6. The van der Waals surface area contributed by atoms with Gasteiger partial charge in [0.25, 0.3) is 0 Å². The number of nitrogens with one attached hydrogen (secondary N) is 1. The lowest BCUT2D eigenvalue weighted by atomic mass is 9.88. The summed E-state index contributed by atoms with van der Waals surface area (Å²) in [5.41, 5.74) is 0.526. The molecule has 0 unspecified atom stereocenters. The van der Waals surface area contributed by atoms with Crippen molar-refractivity contribution >= 4 is 33.5 Å². The van der Waals surface area contributed by atoms with Gasteiger partial charge >= 0.3 is 11.9 Å². The fourth-order valence-electron chi connectivity index (χ4n) is 4.76. The zero-order valence-electron chi connectivity index (χ0n) is 19.8. The van der Waals surface area contributed by atoms with Gasteiger partial charge in [-0.05, 0) is 55.3 Å². The summed E-state index contributed by atoms with van der Waals surface area (Å²) in [5, 5.41) is 5.35. The van der Waals surface area contributed by atoms with E-state index in [-0.39, 0.29) is 13.0 Å². The molecule has 0 saturated carbocycles. The van der Waals surface area contributed by atoms with Crippen LogP contribution in [0.1, 0.15) is 37.4 Å². The Labute approximate surface area is 202 Å². The molecule has 0 spiro atoms. The number of benzene rings is 3. The smallest absolute Gasteiger partial charge is 0.327 e. The normalized spacial score (nSPS) is 25.1. The summed E-state index contributed by atoms with van der Waals surface area (Å²) < 4.78 is 23.3. The Morgan fingerprint density at radius 1 is 1.03 bits per heavy atom. The van der Waals surface area contributed by atoms with E-state index in [9.17, 15) is 13.8 Å². The molecule has 1 aliphatic heterocycles. The molecule has 0 bridgehead atoms. The largest absolute Gasteiger partial charge is 0.468 e. The third-order valence-corrected chi connectivity index (χ3v) is 8.38. The highest BCUT2D eigenvalue weighted by molar-refractivity contribution is 7.87. The molecule has 0 aromatic heterocycles. The zero-order chi connectivity index (χ0) is 24.5. The van der Waals surface area contributed by atoms with Crippen LogP contribution in [0.5, 0.6) is 0 Å². The average Bonchev–Trinajstić information content (AvgIpc) is 3.19. The average molecular weight is 480 g/mol. The van der Waals surface area contributed by atoms with Crippen LogP contribution in [0.25, 0.3) is 10.8 Å². The minimum atomic E-state index is -1.83. The molecule has 1 heterocycles. The van der Waals surface area contributed by atoms with E-state index in [0.717, 1.165) is 21.9 Å². The fourth-order valence-corrected chi connectivity index (χ4v) is 6.63. The third kappa shape index (κ3) is 4.03. The first-order valence-corrected chi connectivity index (χ1v) is 12.4. The van der Waals surface area contributed by atoms with Crippen molar-refractivity contribution in [1.29, 1.82) is 0 Å². The highest BCUT2D eigenvalue weighted by atomic mass is 32.2. The number of fused-ring (bicyclic) bond motifs is 1. The van der Waals surface area contributed by atoms with Crippen molar-refractivity contribution in [3.8, 4) is 0 Å². The topological polar surface area (TPSA) is 81.7 Å². The van der Waals surface area contributed by atoms with Crippen LogP contribution in [0.2, 0.25) is 0 Å². The molecule has 3 aromatic rings. The van der Waals surface area contributed by atoms with Gasteiger partial charge in [0.1, 0.15) is 5.54 Å². The maximum atomic E-state index is 14.2. The number of ether oxygens (including phenoxy) is 2. The van der Waals surface area contributed by atoms with Crippen LogP contribution in [-0.2, 0) is 29.9 Å². The minimum absolute atomic E-state index is 0.0382. The molecular formula is C27H29NO5S. The first-order valence-electron chi connectivity index (χ1n) is 11.3. The van der Waals surface area contributed by atoms with E-state index in [0.29, 0.717) is 4.90 Å². The molecule has 3 aromatic carbocycles. The Hall–Kier alpha value is -3.03. The number of carbonyl (C=O) groups is 2. The van der Waals surface area contributed by atoms with Crippen molar-refractivity contribution < 1.29 is 23.3 Å². The van der Waals surface area contributed by atoms with Crippen molar-refractivity contribution in [1.82, 2.24) is 5.32 Å². The van der Waals surface area contributed by atoms with E-state index < -0.39 is 39.1 Å². The van der Waals surface area contributed by atoms with E-state index >= 15 is 0 Å². The highest BCUT2D eigenvalue weighted by Gasteiger charge is 2.65. The molecule has 1 saturated heterocycles. The predicted octanol–water partition coefficient (Wildman–Crippen LogP) is 4.22. The number of carbonyl (C=O) groups excluding carboxylic acids is 2. The molecule has 1 fully saturated rings. The second-order valence-corrected chi connectivity index (χ2v) is 10.6. The van der Waals surface area contributed by atoms with Crippen LogP contribution >= 0.6 is 0 Å². The fraction of sp³-hybridized carbons (Fsp3) is 0.333. The second kappa shape index (κ2) is 9.31. The van der Waals surface area contributed by atoms with E-state index in [1.807, 2.05) is 61.5 Å². The molecule has 4 atom stereocenters. The summed E-state index contributed by atoms with van der Waals surface area (Å²) in [6.07, 6.45) is -0.0382. The van der Waals surface area contributed by atoms with Gasteiger partial charge in [-0.1, -0.05) is 54.1 Å². The van der Waals surface area contributed by atoms with Crippen LogP contribution in [0.3, 0.4) is 0 Å². The van der Waals surface area contributed by atoms with Gasteiger partial charge in [0.05, 0.1) is 30.6 Å². The summed E-state index contributed by atoms with van der Waals surface area (Å²) in [6, 6.07) is 20.2. The molecule has 7 heteroatoms. The van der Waals surface area contributed by atoms with Gasteiger partial charge in [-0.3, -0.25) is 19.1 Å². The molecule has 0 radical (unpaired) electrons. The lowest BCUT2D eigenvalue weighted by Crippen LogP contribution is -2.48. The highest BCUT2D eigenvalue weighted by Crippen LogP contribution is 2.48. The predicted molar refractivity (Wildman–Crippen MR) is 132 cm³/mol. The summed E-state index contributed by atoms with van der Waals surface area (Å²) in [6.45, 7) is 5.56. The quantitative estimate of drug-likeness (QED) is 0.533. The Balaban J connectivity index is 1.92. The number of esters is 2. The van der Waals surface area contributed by atoms with Gasteiger partial charge in [-0.15, -0.1) is 0 Å². The molecular weight excluding hydrogens is 450 g/mol. The molecule has 6 nitrogen and oxygen atoms in total. The van der Waals surface area contributed by atoms with Crippen molar-refractivity contribution in [2.45, 2.75) is 48.4 Å². The first kappa shape index (κ1) is 24.1. The summed E-state index contributed by atoms with van der Waals surface area (Å²) in [5.74, 6) is -1.13. The van der Waals surface area contributed by atoms with Crippen LogP contribution < -0.4 is 5.32 Å². The van der Waals surface area contributed by atoms with Crippen LogP contribution in [0.4, 0.5) is 0 Å². The maximum absolute atomic E-state index is 14.2. The zero-order valence-corrected chi connectivity index (χ0v) is 20.6. The van der Waals surface area contributed by atoms with E-state index in [1.165, 1.54) is 7.11 Å². The molecule has 1 N–H and O–H groups in total. The summed E-state index contributed by atoms with van der Waals surface area (Å²) >= 11 is 0. The second-order valence-electron chi connectivity index (χ2n) is 8.88. The number of aryl methyl sites for hydroxylation is 1. The molecule has 178 valence electrons. The Bertz CT molecular complexity index is 1260.